The molecule has 3 heterocycles. The van der Waals surface area contributed by atoms with Crippen LogP contribution in [0.25, 0.3) is 11.2 Å². The van der Waals surface area contributed by atoms with Crippen LogP contribution >= 0.6 is 0 Å². The van der Waals surface area contributed by atoms with Crippen molar-refractivity contribution in [3.05, 3.63) is 33.0 Å². The number of hydrogen-bond acceptors (Lipinski definition) is 5. The van der Waals surface area contributed by atoms with E-state index < -0.39 is 0 Å². The van der Waals surface area contributed by atoms with E-state index in [0.29, 0.717) is 23.7 Å². The van der Waals surface area contributed by atoms with Crippen molar-refractivity contribution in [2.45, 2.75) is 26.8 Å². The average Bonchev–Trinajstić information content (AvgIpc) is 2.94. The number of anilines is 1. The third-order valence-electron chi connectivity index (χ3n) is 4.29. The Hall–Kier alpha value is -2.64. The number of nitrogens with zero attached hydrogens (tertiary/aromatic N) is 6. The van der Waals surface area contributed by atoms with Gasteiger partial charge in [0.2, 0.25) is 5.95 Å². The predicted molar refractivity (Wildman–Crippen MR) is 90.2 cm³/mol. The number of fused-ring (bicyclic) bond motifs is 3. The van der Waals surface area contributed by atoms with Crippen LogP contribution in [-0.2, 0) is 14.1 Å². The van der Waals surface area contributed by atoms with Gasteiger partial charge in [0.25, 0.3) is 5.56 Å². The van der Waals surface area contributed by atoms with E-state index in [1.54, 1.807) is 12.1 Å². The monoisotopic (exact) mass is 316 g/mol. The molecular weight excluding hydrogens is 296 g/mol. The Morgan fingerprint density at radius 2 is 1.91 bits per heavy atom. The summed E-state index contributed by atoms with van der Waals surface area (Å²) in [4.78, 5) is 29.3. The second-order valence-corrected chi connectivity index (χ2v) is 5.73. The van der Waals surface area contributed by atoms with Crippen LogP contribution in [0.5, 0.6) is 0 Å². The molecule has 0 spiro atoms. The fourth-order valence-corrected chi connectivity index (χ4v) is 2.79. The van der Waals surface area contributed by atoms with Crippen molar-refractivity contribution in [1.29, 1.82) is 0 Å². The summed E-state index contributed by atoms with van der Waals surface area (Å²) in [5.41, 5.74) is 0.974. The Kier molecular flexibility index (Phi) is 3.46. The minimum absolute atomic E-state index is 0.0953. The fourth-order valence-electron chi connectivity index (χ4n) is 2.79. The smallest absolute Gasteiger partial charge is 0.294 e. The van der Waals surface area contributed by atoms with E-state index in [0.717, 1.165) is 10.3 Å². The lowest BCUT2D eigenvalue weighted by Crippen LogP contribution is -2.38. The number of imidazole rings is 1. The first-order chi connectivity index (χ1) is 10.9. The molecule has 0 aliphatic carbocycles. The van der Waals surface area contributed by atoms with E-state index in [1.165, 1.54) is 11.6 Å². The van der Waals surface area contributed by atoms with Gasteiger partial charge in [-0.3, -0.25) is 18.5 Å². The molecule has 1 atom stereocenters. The molecule has 1 aliphatic heterocycles. The van der Waals surface area contributed by atoms with Crippen molar-refractivity contribution in [2.75, 3.05) is 11.6 Å². The zero-order valence-electron chi connectivity index (χ0n) is 13.9. The second-order valence-electron chi connectivity index (χ2n) is 5.73. The van der Waals surface area contributed by atoms with E-state index in [1.807, 2.05) is 37.5 Å². The van der Waals surface area contributed by atoms with Crippen molar-refractivity contribution >= 4 is 22.8 Å². The Balaban J connectivity index is 2.40. The topological polar surface area (TPSA) is 77.4 Å². The van der Waals surface area contributed by atoms with Crippen LogP contribution in [-0.4, -0.2) is 30.9 Å². The molecule has 0 fully saturated rings. The summed E-state index contributed by atoms with van der Waals surface area (Å²) in [5, 5.41) is 6.31. The van der Waals surface area contributed by atoms with Crippen molar-refractivity contribution in [1.82, 2.24) is 18.7 Å². The van der Waals surface area contributed by atoms with E-state index >= 15 is 0 Å². The number of allylic oxidation sites excluding steroid dienone is 1. The van der Waals surface area contributed by atoms with Gasteiger partial charge in [0, 0.05) is 14.1 Å². The highest BCUT2D eigenvalue weighted by molar-refractivity contribution is 5.91. The third kappa shape index (κ3) is 2.05. The van der Waals surface area contributed by atoms with Crippen molar-refractivity contribution in [2.24, 2.45) is 19.2 Å². The van der Waals surface area contributed by atoms with E-state index in [2.05, 4.69) is 10.1 Å². The molecule has 0 unspecified atom stereocenters. The predicted octanol–water partition coefficient (Wildman–Crippen LogP) is 0.767. The van der Waals surface area contributed by atoms with Crippen LogP contribution in [0.4, 0.5) is 5.95 Å². The molecule has 3 rings (SSSR count). The van der Waals surface area contributed by atoms with E-state index in [4.69, 9.17) is 0 Å². The molecule has 0 bridgehead atoms. The molecule has 0 N–H and O–H groups in total. The number of aryl methyl sites for hydroxylation is 1. The van der Waals surface area contributed by atoms with Crippen LogP contribution in [0, 0.1) is 0 Å². The average molecular weight is 316 g/mol. The van der Waals surface area contributed by atoms with Gasteiger partial charge in [-0.2, -0.15) is 10.1 Å². The summed E-state index contributed by atoms with van der Waals surface area (Å²) >= 11 is 0. The molecule has 0 radical (unpaired) electrons. The molecule has 0 saturated heterocycles. The van der Waals surface area contributed by atoms with Crippen LogP contribution in [0.15, 0.2) is 26.8 Å². The van der Waals surface area contributed by atoms with Gasteiger partial charge in [-0.05, 0) is 20.8 Å². The summed E-state index contributed by atoms with van der Waals surface area (Å²) in [6.45, 7) is 6.39. The Labute approximate surface area is 133 Å². The lowest BCUT2D eigenvalue weighted by molar-refractivity contribution is 0.647. The molecular formula is C15H20N6O2. The normalized spacial score (nSPS) is 17.9. The molecule has 8 heteroatoms. The maximum Gasteiger partial charge on any atom is 0.332 e. The van der Waals surface area contributed by atoms with Gasteiger partial charge in [-0.25, -0.2) is 9.80 Å². The van der Waals surface area contributed by atoms with Crippen molar-refractivity contribution < 1.29 is 0 Å². The minimum Gasteiger partial charge on any atom is -0.294 e. The van der Waals surface area contributed by atoms with Crippen LogP contribution in [0.2, 0.25) is 0 Å². The van der Waals surface area contributed by atoms with Gasteiger partial charge in [-0.1, -0.05) is 12.2 Å². The van der Waals surface area contributed by atoms with Crippen molar-refractivity contribution in [3.63, 3.8) is 0 Å². The summed E-state index contributed by atoms with van der Waals surface area (Å²) in [5.74, 6) is 0.578. The molecule has 0 saturated carbocycles. The number of aromatic nitrogens is 4. The zero-order chi connectivity index (χ0) is 16.9. The zero-order valence-corrected chi connectivity index (χ0v) is 13.9. The Bertz CT molecular complexity index is 959. The van der Waals surface area contributed by atoms with E-state index in [9.17, 15) is 9.59 Å². The first-order valence-electron chi connectivity index (χ1n) is 7.50. The van der Waals surface area contributed by atoms with Gasteiger partial charge in [-0.15, -0.1) is 0 Å². The minimum atomic E-state index is -0.386. The molecule has 2 aromatic heterocycles. The lowest BCUT2D eigenvalue weighted by atomic mass is 10.2. The molecule has 122 valence electrons. The standard InChI is InChI=1S/C15H20N6O2/c1-6-7-8-20-14-16-12-11(21(14)10(3)9(2)17-20)13(22)19(5)15(23)18(12)4/h6-7,10H,8H2,1-5H3/b7-6+/t10-/m0/s1. The highest BCUT2D eigenvalue weighted by atomic mass is 16.2. The molecule has 0 amide bonds. The second kappa shape index (κ2) is 5.22. The number of hydrogen-bond donors (Lipinski definition) is 0. The number of rotatable bonds is 2. The fraction of sp³-hybridized carbons (Fsp3) is 0.467. The first kappa shape index (κ1) is 15.3. The van der Waals surface area contributed by atoms with Crippen LogP contribution < -0.4 is 16.3 Å². The molecule has 1 aliphatic rings. The van der Waals surface area contributed by atoms with Crippen molar-refractivity contribution in [3.8, 4) is 0 Å². The van der Waals surface area contributed by atoms with Gasteiger partial charge in [0.1, 0.15) is 0 Å². The van der Waals surface area contributed by atoms with Gasteiger partial charge in [0.15, 0.2) is 11.2 Å². The van der Waals surface area contributed by atoms with Crippen LogP contribution in [0.3, 0.4) is 0 Å². The maximum atomic E-state index is 12.6. The summed E-state index contributed by atoms with van der Waals surface area (Å²) in [6.07, 6.45) is 3.90. The first-order valence-corrected chi connectivity index (χ1v) is 7.50. The summed E-state index contributed by atoms with van der Waals surface area (Å²) < 4.78 is 4.38. The highest BCUT2D eigenvalue weighted by Crippen LogP contribution is 2.29. The van der Waals surface area contributed by atoms with E-state index in [-0.39, 0.29) is 17.3 Å². The molecule has 2 aromatic rings. The van der Waals surface area contributed by atoms with Gasteiger partial charge < -0.3 is 0 Å². The number of hydrazone groups is 1. The van der Waals surface area contributed by atoms with Crippen LogP contribution in [0.1, 0.15) is 26.8 Å². The quantitative estimate of drug-likeness (QED) is 0.767. The van der Waals surface area contributed by atoms with Gasteiger partial charge >= 0.3 is 5.69 Å². The largest absolute Gasteiger partial charge is 0.332 e. The summed E-state index contributed by atoms with van der Waals surface area (Å²) in [6, 6.07) is -0.0953. The molecule has 8 nitrogen and oxygen atoms in total. The Morgan fingerprint density at radius 1 is 1.22 bits per heavy atom. The Morgan fingerprint density at radius 3 is 2.57 bits per heavy atom. The van der Waals surface area contributed by atoms with Gasteiger partial charge in [0.05, 0.1) is 18.3 Å². The highest BCUT2D eigenvalue weighted by Gasteiger charge is 2.29. The lowest BCUT2D eigenvalue weighted by Gasteiger charge is -2.28. The maximum absolute atomic E-state index is 12.6. The molecule has 23 heavy (non-hydrogen) atoms. The molecule has 0 aromatic carbocycles. The SMILES string of the molecule is C/C=C/CN1N=C(C)[C@H](C)n2c1nc1c2c(=O)n(C)c(=O)n1C. The summed E-state index contributed by atoms with van der Waals surface area (Å²) in [7, 11) is 3.11. The third-order valence-corrected chi connectivity index (χ3v) is 4.29.